The Balaban J connectivity index is 1.60. The molecule has 7 amide bonds. The van der Waals surface area contributed by atoms with E-state index in [0.29, 0.717) is 25.7 Å². The van der Waals surface area contributed by atoms with Crippen LogP contribution in [0.5, 0.6) is 0 Å². The molecule has 13 heteroatoms. The number of ketones is 1. The second kappa shape index (κ2) is 17.4. The molecule has 2 aliphatic carbocycles. The molecule has 2 unspecified atom stereocenters. The Morgan fingerprint density at radius 2 is 1.50 bits per heavy atom. The van der Waals surface area contributed by atoms with Gasteiger partial charge >= 0.3 is 6.03 Å². The van der Waals surface area contributed by atoms with Crippen LogP contribution < -0.4 is 21.3 Å². The molecule has 0 bridgehead atoms. The standard InChI is InChI=1S/C41H66N6O7/c1-10-14-28(33(50)36(52)42-27-15-16-27)43-35(51)32-26(21-25(2)3)17-20-46(32)37(53)34(41(9)18-12-11-13-19-41)45-38(54)44-29(39(4,5)6)24-47-30(48)22-40(7,8)23-31(47)49/h21,26-29,32,34H,10-20,22-24H2,1-9H3,(H,42,52)(H,43,51)(H2,44,45,54)/t26?,28?,29-,32+,34-/m1/s1. The minimum Gasteiger partial charge on any atom is -0.347 e. The number of imide groups is 1. The zero-order chi connectivity index (χ0) is 40.2. The normalized spacial score (nSPS) is 24.2. The van der Waals surface area contributed by atoms with Gasteiger partial charge < -0.3 is 26.2 Å². The fourth-order valence-electron chi connectivity index (χ4n) is 8.27. The smallest absolute Gasteiger partial charge is 0.315 e. The molecule has 0 spiro atoms. The second-order valence-corrected chi connectivity index (χ2v) is 18.7. The molecule has 54 heavy (non-hydrogen) atoms. The van der Waals surface area contributed by atoms with Crippen molar-refractivity contribution in [2.75, 3.05) is 13.1 Å². The van der Waals surface area contributed by atoms with Crippen molar-refractivity contribution in [2.45, 2.75) is 170 Å². The van der Waals surface area contributed by atoms with Crippen molar-refractivity contribution in [1.82, 2.24) is 31.1 Å². The summed E-state index contributed by atoms with van der Waals surface area (Å²) in [6.45, 7) is 17.6. The van der Waals surface area contributed by atoms with E-state index in [0.717, 1.165) is 37.7 Å². The molecule has 0 radical (unpaired) electrons. The minimum absolute atomic E-state index is 0.00644. The number of Topliss-reactive ketones (excluding diaryl/α,β-unsaturated/α-hetero) is 1. The molecule has 0 aromatic heterocycles. The SMILES string of the molecule is CCCC(NC(=O)[C@@H]1C(C=C(C)C)CCN1C(=O)[C@@H](NC(=O)N[C@H](CN1C(=O)CC(C)(C)CC1=O)C(C)(C)C)C1(C)CCCCC1)C(=O)C(=O)NC1CC1. The summed E-state index contributed by atoms with van der Waals surface area (Å²) >= 11 is 0. The maximum atomic E-state index is 14.9. The van der Waals surface area contributed by atoms with Gasteiger partial charge in [-0.15, -0.1) is 0 Å². The number of hydrogen-bond donors (Lipinski definition) is 4. The molecule has 4 fully saturated rings. The number of urea groups is 1. The van der Waals surface area contributed by atoms with Crippen molar-refractivity contribution in [3.63, 3.8) is 0 Å². The average molecular weight is 755 g/mol. The number of amides is 7. The number of carbonyl (C=O) groups excluding carboxylic acids is 7. The highest BCUT2D eigenvalue weighted by Crippen LogP contribution is 2.41. The molecular formula is C41H66N6O7. The largest absolute Gasteiger partial charge is 0.347 e. The maximum absolute atomic E-state index is 14.9. The van der Waals surface area contributed by atoms with E-state index in [4.69, 9.17) is 0 Å². The molecule has 0 aromatic carbocycles. The van der Waals surface area contributed by atoms with E-state index in [2.05, 4.69) is 21.3 Å². The molecule has 5 atom stereocenters. The Kier molecular flexibility index (Phi) is 13.8. The molecular weight excluding hydrogens is 688 g/mol. The maximum Gasteiger partial charge on any atom is 0.315 e. The molecule has 2 saturated carbocycles. The summed E-state index contributed by atoms with van der Waals surface area (Å²) < 4.78 is 0. The Bertz CT molecular complexity index is 1460. The van der Waals surface area contributed by atoms with Gasteiger partial charge in [-0.05, 0) is 68.6 Å². The van der Waals surface area contributed by atoms with Crippen LogP contribution in [0, 0.1) is 22.2 Å². The van der Waals surface area contributed by atoms with Gasteiger partial charge in [-0.1, -0.05) is 85.8 Å². The van der Waals surface area contributed by atoms with Crippen molar-refractivity contribution in [3.8, 4) is 0 Å². The Hall–Kier alpha value is -3.77. The number of carbonyl (C=O) groups is 7. The fourth-order valence-corrected chi connectivity index (χ4v) is 8.27. The number of allylic oxidation sites excluding steroid dienone is 1. The van der Waals surface area contributed by atoms with Crippen LogP contribution in [0.1, 0.15) is 139 Å². The lowest BCUT2D eigenvalue weighted by atomic mass is 9.70. The zero-order valence-electron chi connectivity index (χ0n) is 34.2. The number of hydrogen-bond acceptors (Lipinski definition) is 7. The van der Waals surface area contributed by atoms with Gasteiger partial charge in [0.25, 0.3) is 5.91 Å². The van der Waals surface area contributed by atoms with Crippen molar-refractivity contribution >= 4 is 41.4 Å². The topological polar surface area (TPSA) is 174 Å². The Morgan fingerprint density at radius 1 is 0.889 bits per heavy atom. The van der Waals surface area contributed by atoms with Gasteiger partial charge in [0.15, 0.2) is 0 Å². The summed E-state index contributed by atoms with van der Waals surface area (Å²) in [5, 5.41) is 11.6. The lowest BCUT2D eigenvalue weighted by molar-refractivity contribution is -0.153. The van der Waals surface area contributed by atoms with Crippen LogP contribution in [0.2, 0.25) is 0 Å². The Morgan fingerprint density at radius 3 is 2.04 bits per heavy atom. The monoisotopic (exact) mass is 754 g/mol. The molecule has 2 aliphatic heterocycles. The van der Waals surface area contributed by atoms with Gasteiger partial charge in [0.1, 0.15) is 12.1 Å². The second-order valence-electron chi connectivity index (χ2n) is 18.7. The van der Waals surface area contributed by atoms with Gasteiger partial charge in [0.2, 0.25) is 29.4 Å². The molecule has 4 rings (SSSR count). The number of likely N-dealkylation sites (tertiary alicyclic amines) is 2. The molecule has 2 heterocycles. The van der Waals surface area contributed by atoms with Crippen molar-refractivity contribution < 1.29 is 33.6 Å². The lowest BCUT2D eigenvalue weighted by Crippen LogP contribution is -2.63. The third kappa shape index (κ3) is 10.9. The van der Waals surface area contributed by atoms with Crippen LogP contribution in [-0.2, 0) is 28.8 Å². The first-order valence-corrected chi connectivity index (χ1v) is 20.2. The van der Waals surface area contributed by atoms with Crippen LogP contribution in [-0.4, -0.2) is 94.4 Å². The summed E-state index contributed by atoms with van der Waals surface area (Å²) in [5.41, 5.74) is -0.600. The first kappa shape index (κ1) is 43.0. The van der Waals surface area contributed by atoms with E-state index < -0.39 is 64.0 Å². The third-order valence-electron chi connectivity index (χ3n) is 11.7. The molecule has 4 aliphatic rings. The van der Waals surface area contributed by atoms with Crippen LogP contribution >= 0.6 is 0 Å². The predicted octanol–water partition coefficient (Wildman–Crippen LogP) is 4.53. The van der Waals surface area contributed by atoms with E-state index in [-0.39, 0.29) is 62.0 Å². The molecule has 0 aromatic rings. The van der Waals surface area contributed by atoms with E-state index in [1.165, 1.54) is 4.90 Å². The summed E-state index contributed by atoms with van der Waals surface area (Å²) in [4.78, 5) is 98.1. The molecule has 13 nitrogen and oxygen atoms in total. The summed E-state index contributed by atoms with van der Waals surface area (Å²) in [5.74, 6) is -3.15. The summed E-state index contributed by atoms with van der Waals surface area (Å²) in [6, 6.07) is -4.16. The van der Waals surface area contributed by atoms with E-state index in [1.807, 2.05) is 68.4 Å². The lowest BCUT2D eigenvalue weighted by Gasteiger charge is -2.43. The van der Waals surface area contributed by atoms with Gasteiger partial charge in [-0.2, -0.15) is 0 Å². The van der Waals surface area contributed by atoms with Crippen LogP contribution in [0.3, 0.4) is 0 Å². The van der Waals surface area contributed by atoms with E-state index in [9.17, 15) is 33.6 Å². The van der Waals surface area contributed by atoms with Crippen molar-refractivity contribution in [3.05, 3.63) is 11.6 Å². The van der Waals surface area contributed by atoms with Gasteiger partial charge in [-0.3, -0.25) is 33.7 Å². The van der Waals surface area contributed by atoms with Gasteiger partial charge in [0, 0.05) is 37.9 Å². The zero-order valence-corrected chi connectivity index (χ0v) is 34.2. The molecule has 4 N–H and O–H groups in total. The van der Waals surface area contributed by atoms with Gasteiger partial charge in [0.05, 0.1) is 12.1 Å². The number of nitrogens with one attached hydrogen (secondary N) is 4. The van der Waals surface area contributed by atoms with E-state index in [1.54, 1.807) is 4.90 Å². The number of rotatable bonds is 14. The van der Waals surface area contributed by atoms with Crippen LogP contribution in [0.25, 0.3) is 0 Å². The first-order chi connectivity index (χ1) is 25.2. The molecule has 302 valence electrons. The highest BCUT2D eigenvalue weighted by Gasteiger charge is 2.49. The minimum atomic E-state index is -1.03. The average Bonchev–Trinajstić information content (AvgIpc) is 3.78. The molecule has 2 saturated heterocycles. The Labute approximate surface area is 321 Å². The van der Waals surface area contributed by atoms with Crippen LogP contribution in [0.4, 0.5) is 4.79 Å². The fraction of sp³-hybridized carbons (Fsp3) is 0.780. The third-order valence-corrected chi connectivity index (χ3v) is 11.7. The van der Waals surface area contributed by atoms with Gasteiger partial charge in [-0.25, -0.2) is 4.79 Å². The summed E-state index contributed by atoms with van der Waals surface area (Å²) in [6.07, 6.45) is 9.63. The quantitative estimate of drug-likeness (QED) is 0.115. The van der Waals surface area contributed by atoms with Crippen molar-refractivity contribution in [2.24, 2.45) is 22.2 Å². The summed E-state index contributed by atoms with van der Waals surface area (Å²) in [7, 11) is 0. The highest BCUT2D eigenvalue weighted by molar-refractivity contribution is 6.38. The first-order valence-electron chi connectivity index (χ1n) is 20.2. The van der Waals surface area contributed by atoms with Crippen LogP contribution in [0.15, 0.2) is 11.6 Å². The number of nitrogens with zero attached hydrogens (tertiary/aromatic N) is 2. The predicted molar refractivity (Wildman–Crippen MR) is 206 cm³/mol. The highest BCUT2D eigenvalue weighted by atomic mass is 16.2. The van der Waals surface area contributed by atoms with Crippen molar-refractivity contribution in [1.29, 1.82) is 0 Å². The number of piperidine rings is 1. The van der Waals surface area contributed by atoms with E-state index >= 15 is 0 Å².